The zero-order valence-corrected chi connectivity index (χ0v) is 11.9. The third-order valence-electron chi connectivity index (χ3n) is 3.33. The highest BCUT2D eigenvalue weighted by Crippen LogP contribution is 2.32. The molecule has 4 heteroatoms. The van der Waals surface area contributed by atoms with E-state index in [2.05, 4.69) is 23.2 Å². The number of nitrogens with one attached hydrogen (secondary N) is 1. The maximum absolute atomic E-state index is 5.88. The van der Waals surface area contributed by atoms with Crippen LogP contribution in [0.2, 0.25) is 0 Å². The Morgan fingerprint density at radius 3 is 2.74 bits per heavy atom. The molecular formula is C15H24N2O2. The summed E-state index contributed by atoms with van der Waals surface area (Å²) in [6.45, 7) is 8.08. The van der Waals surface area contributed by atoms with Gasteiger partial charge in [-0.2, -0.15) is 0 Å². The van der Waals surface area contributed by atoms with E-state index in [0.717, 1.165) is 57.3 Å². The second-order valence-corrected chi connectivity index (χ2v) is 4.82. The summed E-state index contributed by atoms with van der Waals surface area (Å²) in [5.74, 6) is 1.74. The molecular weight excluding hydrogens is 240 g/mol. The van der Waals surface area contributed by atoms with Crippen LogP contribution in [0.25, 0.3) is 0 Å². The van der Waals surface area contributed by atoms with Crippen LogP contribution in [0, 0.1) is 0 Å². The van der Waals surface area contributed by atoms with E-state index in [1.54, 1.807) is 7.11 Å². The molecule has 0 bridgehead atoms. The van der Waals surface area contributed by atoms with Gasteiger partial charge in [0.25, 0.3) is 0 Å². The first kappa shape index (κ1) is 14.2. The smallest absolute Gasteiger partial charge is 0.165 e. The van der Waals surface area contributed by atoms with E-state index in [1.165, 1.54) is 5.56 Å². The van der Waals surface area contributed by atoms with Gasteiger partial charge in [-0.25, -0.2) is 0 Å². The predicted octanol–water partition coefficient (Wildman–Crippen LogP) is 1.89. The van der Waals surface area contributed by atoms with Crippen molar-refractivity contribution in [2.24, 2.45) is 0 Å². The van der Waals surface area contributed by atoms with Crippen molar-refractivity contribution >= 4 is 0 Å². The number of nitrogens with zero attached hydrogens (tertiary/aromatic N) is 1. The molecule has 106 valence electrons. The fraction of sp³-hybridized carbons (Fsp3) is 0.600. The Kier molecular flexibility index (Phi) is 5.48. The molecule has 0 aromatic heterocycles. The summed E-state index contributed by atoms with van der Waals surface area (Å²) in [6.07, 6.45) is 1.01. The van der Waals surface area contributed by atoms with Crippen molar-refractivity contribution < 1.29 is 9.47 Å². The van der Waals surface area contributed by atoms with Gasteiger partial charge in [0.1, 0.15) is 0 Å². The number of piperazine rings is 1. The monoisotopic (exact) mass is 264 g/mol. The summed E-state index contributed by atoms with van der Waals surface area (Å²) in [4.78, 5) is 2.45. The Bertz CT molecular complexity index is 390. The molecule has 1 fully saturated rings. The number of hydrogen-bond donors (Lipinski definition) is 1. The molecule has 1 aromatic carbocycles. The number of methoxy groups -OCH3 is 1. The molecule has 0 atom stereocenters. The lowest BCUT2D eigenvalue weighted by Gasteiger charge is -2.28. The zero-order chi connectivity index (χ0) is 13.5. The number of para-hydroxylation sites is 1. The quantitative estimate of drug-likeness (QED) is 0.851. The van der Waals surface area contributed by atoms with E-state index in [1.807, 2.05) is 12.1 Å². The number of ether oxygens (including phenoxy) is 2. The zero-order valence-electron chi connectivity index (χ0n) is 11.9. The van der Waals surface area contributed by atoms with Gasteiger partial charge in [0.05, 0.1) is 13.7 Å². The minimum absolute atomic E-state index is 0.731. The van der Waals surface area contributed by atoms with Gasteiger partial charge in [-0.15, -0.1) is 0 Å². The van der Waals surface area contributed by atoms with Crippen molar-refractivity contribution in [3.8, 4) is 11.5 Å². The lowest BCUT2D eigenvalue weighted by atomic mass is 10.1. The number of hydrogen-bond acceptors (Lipinski definition) is 4. The molecule has 1 saturated heterocycles. The summed E-state index contributed by atoms with van der Waals surface area (Å²) in [5.41, 5.74) is 1.22. The van der Waals surface area contributed by atoms with Crippen molar-refractivity contribution in [2.75, 3.05) is 39.9 Å². The summed E-state index contributed by atoms with van der Waals surface area (Å²) >= 11 is 0. The highest BCUT2D eigenvalue weighted by atomic mass is 16.5. The van der Waals surface area contributed by atoms with E-state index in [0.29, 0.717) is 0 Å². The van der Waals surface area contributed by atoms with Crippen LogP contribution in [0.3, 0.4) is 0 Å². The van der Waals surface area contributed by atoms with Crippen LogP contribution in [0.15, 0.2) is 18.2 Å². The Morgan fingerprint density at radius 1 is 1.26 bits per heavy atom. The summed E-state index contributed by atoms with van der Waals surface area (Å²) in [7, 11) is 1.70. The molecule has 1 heterocycles. The Hall–Kier alpha value is -1.26. The Balaban J connectivity index is 2.12. The second kappa shape index (κ2) is 7.36. The van der Waals surface area contributed by atoms with Gasteiger partial charge in [-0.3, -0.25) is 4.90 Å². The predicted molar refractivity (Wildman–Crippen MR) is 76.9 cm³/mol. The van der Waals surface area contributed by atoms with Gasteiger partial charge in [-0.1, -0.05) is 19.1 Å². The van der Waals surface area contributed by atoms with Gasteiger partial charge in [-0.05, 0) is 12.5 Å². The molecule has 0 aliphatic carbocycles. The highest BCUT2D eigenvalue weighted by molar-refractivity contribution is 5.46. The first-order chi connectivity index (χ1) is 9.35. The fourth-order valence-electron chi connectivity index (χ4n) is 2.32. The molecule has 19 heavy (non-hydrogen) atoms. The topological polar surface area (TPSA) is 33.7 Å². The Labute approximate surface area is 115 Å². The van der Waals surface area contributed by atoms with E-state index >= 15 is 0 Å². The van der Waals surface area contributed by atoms with Crippen LogP contribution < -0.4 is 14.8 Å². The summed E-state index contributed by atoms with van der Waals surface area (Å²) in [5, 5.41) is 3.37. The molecule has 0 radical (unpaired) electrons. The highest BCUT2D eigenvalue weighted by Gasteiger charge is 2.15. The fourth-order valence-corrected chi connectivity index (χ4v) is 2.32. The largest absolute Gasteiger partial charge is 0.493 e. The average molecular weight is 264 g/mol. The lowest BCUT2D eigenvalue weighted by Crippen LogP contribution is -2.42. The van der Waals surface area contributed by atoms with Crippen molar-refractivity contribution in [2.45, 2.75) is 19.9 Å². The molecule has 0 saturated carbocycles. The summed E-state index contributed by atoms with van der Waals surface area (Å²) in [6, 6.07) is 6.14. The van der Waals surface area contributed by atoms with E-state index in [9.17, 15) is 0 Å². The molecule has 1 aliphatic rings. The van der Waals surface area contributed by atoms with E-state index in [4.69, 9.17) is 9.47 Å². The van der Waals surface area contributed by atoms with Crippen LogP contribution in [0.4, 0.5) is 0 Å². The third kappa shape index (κ3) is 3.85. The van der Waals surface area contributed by atoms with Gasteiger partial charge >= 0.3 is 0 Å². The molecule has 4 nitrogen and oxygen atoms in total. The molecule has 2 rings (SSSR count). The SMILES string of the molecule is CCCOc1c(CN2CCNCC2)cccc1OC. The number of rotatable bonds is 6. The first-order valence-electron chi connectivity index (χ1n) is 7.07. The Morgan fingerprint density at radius 2 is 2.05 bits per heavy atom. The van der Waals surface area contributed by atoms with Crippen LogP contribution in [0.5, 0.6) is 11.5 Å². The molecule has 1 aliphatic heterocycles. The van der Waals surface area contributed by atoms with Crippen molar-refractivity contribution in [1.82, 2.24) is 10.2 Å². The maximum atomic E-state index is 5.88. The van der Waals surface area contributed by atoms with Crippen molar-refractivity contribution in [1.29, 1.82) is 0 Å². The number of benzene rings is 1. The minimum Gasteiger partial charge on any atom is -0.493 e. The van der Waals surface area contributed by atoms with Crippen LogP contribution in [-0.2, 0) is 6.54 Å². The maximum Gasteiger partial charge on any atom is 0.165 e. The standard InChI is InChI=1S/C15H24N2O2/c1-3-11-19-15-13(5-4-6-14(15)18-2)12-17-9-7-16-8-10-17/h4-6,16H,3,7-12H2,1-2H3. The lowest BCUT2D eigenvalue weighted by molar-refractivity contribution is 0.225. The average Bonchev–Trinajstić information content (AvgIpc) is 2.46. The summed E-state index contributed by atoms with van der Waals surface area (Å²) < 4.78 is 11.3. The van der Waals surface area contributed by atoms with Gasteiger partial charge in [0, 0.05) is 38.3 Å². The normalized spacial score (nSPS) is 16.3. The second-order valence-electron chi connectivity index (χ2n) is 4.82. The first-order valence-corrected chi connectivity index (χ1v) is 7.07. The third-order valence-corrected chi connectivity index (χ3v) is 3.33. The van der Waals surface area contributed by atoms with Crippen LogP contribution in [-0.4, -0.2) is 44.8 Å². The van der Waals surface area contributed by atoms with Crippen LogP contribution >= 0.6 is 0 Å². The van der Waals surface area contributed by atoms with Crippen molar-refractivity contribution in [3.63, 3.8) is 0 Å². The van der Waals surface area contributed by atoms with Crippen LogP contribution in [0.1, 0.15) is 18.9 Å². The van der Waals surface area contributed by atoms with Crippen molar-refractivity contribution in [3.05, 3.63) is 23.8 Å². The van der Waals surface area contributed by atoms with Gasteiger partial charge in [0.15, 0.2) is 11.5 Å². The molecule has 0 unspecified atom stereocenters. The van der Waals surface area contributed by atoms with Gasteiger partial charge < -0.3 is 14.8 Å². The van der Waals surface area contributed by atoms with Gasteiger partial charge in [0.2, 0.25) is 0 Å². The molecule has 0 amide bonds. The molecule has 1 aromatic rings. The van der Waals surface area contributed by atoms with E-state index in [-0.39, 0.29) is 0 Å². The molecule has 0 spiro atoms. The molecule has 1 N–H and O–H groups in total. The minimum atomic E-state index is 0.731. The van der Waals surface area contributed by atoms with E-state index < -0.39 is 0 Å².